The smallest absolute Gasteiger partial charge is 0.344 e. The van der Waals surface area contributed by atoms with Crippen molar-refractivity contribution in [2.75, 3.05) is 26.9 Å². The molecule has 0 unspecified atom stereocenters. The zero-order chi connectivity index (χ0) is 15.7. The maximum atomic E-state index is 11.8. The predicted molar refractivity (Wildman–Crippen MR) is 72.9 cm³/mol. The van der Waals surface area contributed by atoms with Crippen LogP contribution in [-0.4, -0.2) is 44.7 Å². The molecule has 0 heterocycles. The van der Waals surface area contributed by atoms with Gasteiger partial charge in [0.2, 0.25) is 0 Å². The number of ether oxygens (including phenoxy) is 3. The Balaban J connectivity index is 2.39. The van der Waals surface area contributed by atoms with Gasteiger partial charge in [-0.05, 0) is 31.2 Å². The molecule has 0 saturated heterocycles. The van der Waals surface area contributed by atoms with E-state index in [1.54, 1.807) is 24.3 Å². The molecule has 21 heavy (non-hydrogen) atoms. The number of carbonyl (C=O) groups excluding carboxylic acids is 3. The molecule has 114 valence electrons. The minimum absolute atomic E-state index is 0.330. The molecule has 0 aliphatic rings. The molecule has 1 rings (SSSR count). The van der Waals surface area contributed by atoms with Crippen molar-refractivity contribution in [1.29, 1.82) is 0 Å². The SMILES string of the molecule is CCOc1ccc(C(=O)NCC(=O)OCC(=O)OC)cc1. The van der Waals surface area contributed by atoms with Gasteiger partial charge in [-0.25, -0.2) is 4.79 Å². The van der Waals surface area contributed by atoms with Gasteiger partial charge in [0.1, 0.15) is 12.3 Å². The first kappa shape index (κ1) is 16.5. The summed E-state index contributed by atoms with van der Waals surface area (Å²) < 4.78 is 14.1. The van der Waals surface area contributed by atoms with Crippen LogP contribution >= 0.6 is 0 Å². The monoisotopic (exact) mass is 295 g/mol. The molecule has 0 fully saturated rings. The van der Waals surface area contributed by atoms with Crippen molar-refractivity contribution in [3.05, 3.63) is 29.8 Å². The third-order valence-electron chi connectivity index (χ3n) is 2.40. The number of amides is 1. The van der Waals surface area contributed by atoms with E-state index in [9.17, 15) is 14.4 Å². The highest BCUT2D eigenvalue weighted by molar-refractivity contribution is 5.96. The zero-order valence-electron chi connectivity index (χ0n) is 11.9. The van der Waals surface area contributed by atoms with Crippen LogP contribution < -0.4 is 10.1 Å². The van der Waals surface area contributed by atoms with Crippen molar-refractivity contribution in [3.63, 3.8) is 0 Å². The zero-order valence-corrected chi connectivity index (χ0v) is 11.9. The van der Waals surface area contributed by atoms with E-state index in [4.69, 9.17) is 4.74 Å². The number of hydrogen-bond donors (Lipinski definition) is 1. The van der Waals surface area contributed by atoms with E-state index in [1.165, 1.54) is 7.11 Å². The molecule has 0 aromatic heterocycles. The minimum atomic E-state index is -0.723. The first-order valence-electron chi connectivity index (χ1n) is 6.30. The third-order valence-corrected chi connectivity index (χ3v) is 2.40. The fourth-order valence-electron chi connectivity index (χ4n) is 1.37. The summed E-state index contributed by atoms with van der Waals surface area (Å²) in [6, 6.07) is 6.49. The maximum Gasteiger partial charge on any atom is 0.344 e. The molecule has 0 aliphatic carbocycles. The Morgan fingerprint density at radius 2 is 1.76 bits per heavy atom. The van der Waals surface area contributed by atoms with Gasteiger partial charge in [0.25, 0.3) is 5.91 Å². The lowest BCUT2D eigenvalue weighted by atomic mass is 10.2. The average molecular weight is 295 g/mol. The number of hydrogen-bond acceptors (Lipinski definition) is 6. The van der Waals surface area contributed by atoms with Crippen molar-refractivity contribution in [1.82, 2.24) is 5.32 Å². The first-order chi connectivity index (χ1) is 10.1. The summed E-state index contributed by atoms with van der Waals surface area (Å²) >= 11 is 0. The summed E-state index contributed by atoms with van der Waals surface area (Å²) in [5.74, 6) is -1.15. The van der Waals surface area contributed by atoms with Gasteiger partial charge < -0.3 is 19.5 Å². The first-order valence-corrected chi connectivity index (χ1v) is 6.30. The molecular formula is C14H17NO6. The van der Waals surface area contributed by atoms with Gasteiger partial charge in [-0.2, -0.15) is 0 Å². The van der Waals surface area contributed by atoms with Gasteiger partial charge >= 0.3 is 11.9 Å². The highest BCUT2D eigenvalue weighted by atomic mass is 16.6. The van der Waals surface area contributed by atoms with Crippen LogP contribution in [0.25, 0.3) is 0 Å². The summed E-state index contributed by atoms with van der Waals surface area (Å²) in [5, 5.41) is 2.39. The summed E-state index contributed by atoms with van der Waals surface area (Å²) in [4.78, 5) is 33.8. The number of benzene rings is 1. The molecule has 1 aromatic carbocycles. The molecule has 0 aliphatic heterocycles. The van der Waals surface area contributed by atoms with E-state index in [2.05, 4.69) is 14.8 Å². The molecule has 0 radical (unpaired) electrons. The van der Waals surface area contributed by atoms with Crippen LogP contribution in [0.1, 0.15) is 17.3 Å². The Hall–Kier alpha value is -2.57. The Morgan fingerprint density at radius 3 is 2.33 bits per heavy atom. The minimum Gasteiger partial charge on any atom is -0.494 e. The van der Waals surface area contributed by atoms with Crippen LogP contribution in [0.5, 0.6) is 5.75 Å². The van der Waals surface area contributed by atoms with Gasteiger partial charge in [0, 0.05) is 5.56 Å². The Morgan fingerprint density at radius 1 is 1.10 bits per heavy atom. The van der Waals surface area contributed by atoms with E-state index in [0.29, 0.717) is 17.9 Å². The summed E-state index contributed by atoms with van der Waals surface area (Å²) in [7, 11) is 1.18. The van der Waals surface area contributed by atoms with Crippen LogP contribution in [0, 0.1) is 0 Å². The second-order valence-corrected chi connectivity index (χ2v) is 3.88. The fourth-order valence-corrected chi connectivity index (χ4v) is 1.37. The van der Waals surface area contributed by atoms with Crippen LogP contribution in [0.2, 0.25) is 0 Å². The van der Waals surface area contributed by atoms with Crippen molar-refractivity contribution >= 4 is 17.8 Å². The lowest BCUT2D eigenvalue weighted by molar-refractivity contribution is -0.156. The summed E-state index contributed by atoms with van der Waals surface area (Å²) in [6.07, 6.45) is 0. The van der Waals surface area contributed by atoms with Gasteiger partial charge in [-0.15, -0.1) is 0 Å². The van der Waals surface area contributed by atoms with E-state index in [0.717, 1.165) is 0 Å². The lowest BCUT2D eigenvalue weighted by Crippen LogP contribution is -2.31. The summed E-state index contributed by atoms with van der Waals surface area (Å²) in [5.41, 5.74) is 0.388. The third kappa shape index (κ3) is 5.94. The highest BCUT2D eigenvalue weighted by Gasteiger charge is 2.10. The fraction of sp³-hybridized carbons (Fsp3) is 0.357. The second-order valence-electron chi connectivity index (χ2n) is 3.88. The quantitative estimate of drug-likeness (QED) is 0.738. The van der Waals surface area contributed by atoms with Gasteiger partial charge in [0.15, 0.2) is 6.61 Å². The van der Waals surface area contributed by atoms with Gasteiger partial charge in [-0.1, -0.05) is 0 Å². The summed E-state index contributed by atoms with van der Waals surface area (Å²) in [6.45, 7) is 1.59. The molecule has 1 amide bonds. The van der Waals surface area contributed by atoms with Crippen molar-refractivity contribution in [3.8, 4) is 5.75 Å². The molecule has 0 spiro atoms. The molecule has 1 N–H and O–H groups in total. The largest absolute Gasteiger partial charge is 0.494 e. The standard InChI is InChI=1S/C14H17NO6/c1-3-20-11-6-4-10(5-7-11)14(18)15-8-12(16)21-9-13(17)19-2/h4-7H,3,8-9H2,1-2H3,(H,15,18). The predicted octanol–water partition coefficient (Wildman–Crippen LogP) is 0.531. The second kappa shape index (κ2) is 8.57. The van der Waals surface area contributed by atoms with E-state index in [-0.39, 0.29) is 6.54 Å². The van der Waals surface area contributed by atoms with Gasteiger partial charge in [0.05, 0.1) is 13.7 Å². The molecule has 0 saturated carbocycles. The Labute approximate surface area is 122 Å². The Bertz CT molecular complexity index is 497. The molecule has 0 bridgehead atoms. The number of esters is 2. The van der Waals surface area contributed by atoms with Crippen LogP contribution in [0.3, 0.4) is 0 Å². The van der Waals surface area contributed by atoms with E-state index >= 15 is 0 Å². The highest BCUT2D eigenvalue weighted by Crippen LogP contribution is 2.11. The van der Waals surface area contributed by atoms with Crippen molar-refractivity contribution in [2.24, 2.45) is 0 Å². The number of methoxy groups -OCH3 is 1. The van der Waals surface area contributed by atoms with Crippen LogP contribution in [0.15, 0.2) is 24.3 Å². The van der Waals surface area contributed by atoms with Crippen LogP contribution in [0.4, 0.5) is 0 Å². The van der Waals surface area contributed by atoms with Crippen molar-refractivity contribution in [2.45, 2.75) is 6.92 Å². The molecule has 0 atom stereocenters. The lowest BCUT2D eigenvalue weighted by Gasteiger charge is -2.07. The molecule has 7 heteroatoms. The van der Waals surface area contributed by atoms with Gasteiger partial charge in [-0.3, -0.25) is 9.59 Å². The molecule has 1 aromatic rings. The number of nitrogens with one attached hydrogen (secondary N) is 1. The topological polar surface area (TPSA) is 90.9 Å². The Kier molecular flexibility index (Phi) is 6.73. The normalized spacial score (nSPS) is 9.62. The maximum absolute atomic E-state index is 11.8. The number of carbonyl (C=O) groups is 3. The van der Waals surface area contributed by atoms with Crippen LogP contribution in [-0.2, 0) is 19.1 Å². The molecular weight excluding hydrogens is 278 g/mol. The average Bonchev–Trinajstić information content (AvgIpc) is 2.51. The molecule has 7 nitrogen and oxygen atoms in total. The van der Waals surface area contributed by atoms with E-state index in [1.807, 2.05) is 6.92 Å². The number of rotatable bonds is 7. The van der Waals surface area contributed by atoms with Crippen molar-refractivity contribution < 1.29 is 28.6 Å². The van der Waals surface area contributed by atoms with E-state index < -0.39 is 24.5 Å².